The second kappa shape index (κ2) is 7.82. The fourth-order valence-corrected chi connectivity index (χ4v) is 2.42. The Kier molecular flexibility index (Phi) is 6.75. The summed E-state index contributed by atoms with van der Waals surface area (Å²) in [5.74, 6) is -0.305. The molecule has 19 heavy (non-hydrogen) atoms. The number of amides is 1. The fraction of sp³-hybridized carbons (Fsp3) is 0.929. The van der Waals surface area contributed by atoms with Gasteiger partial charge in [0.1, 0.15) is 0 Å². The molecule has 1 heterocycles. The van der Waals surface area contributed by atoms with Crippen LogP contribution in [0.15, 0.2) is 0 Å². The first-order valence-electron chi connectivity index (χ1n) is 7.21. The van der Waals surface area contributed by atoms with Gasteiger partial charge in [0.05, 0.1) is 18.2 Å². The minimum Gasteiger partial charge on any atom is -0.379 e. The lowest BCUT2D eigenvalue weighted by Gasteiger charge is -2.29. The van der Waals surface area contributed by atoms with Gasteiger partial charge >= 0.3 is 0 Å². The van der Waals surface area contributed by atoms with Gasteiger partial charge < -0.3 is 20.5 Å². The van der Waals surface area contributed by atoms with E-state index in [-0.39, 0.29) is 18.1 Å². The van der Waals surface area contributed by atoms with Crippen LogP contribution in [-0.4, -0.2) is 43.4 Å². The van der Waals surface area contributed by atoms with Crippen LogP contribution in [0.3, 0.4) is 0 Å². The Morgan fingerprint density at radius 1 is 1.58 bits per heavy atom. The van der Waals surface area contributed by atoms with Crippen LogP contribution in [0.2, 0.25) is 0 Å². The van der Waals surface area contributed by atoms with Crippen molar-refractivity contribution >= 4 is 5.91 Å². The van der Waals surface area contributed by atoms with E-state index >= 15 is 0 Å². The van der Waals surface area contributed by atoms with Crippen LogP contribution in [0.5, 0.6) is 0 Å². The van der Waals surface area contributed by atoms with Crippen molar-refractivity contribution in [1.82, 2.24) is 5.32 Å². The number of carbonyl (C=O) groups is 1. The molecule has 5 heteroatoms. The Bertz CT molecular complexity index is 278. The zero-order chi connectivity index (χ0) is 14.3. The number of nitrogens with two attached hydrogens (primary N) is 1. The molecule has 0 aromatic rings. The van der Waals surface area contributed by atoms with Gasteiger partial charge in [0.25, 0.3) is 0 Å². The van der Waals surface area contributed by atoms with E-state index in [1.807, 2.05) is 20.8 Å². The number of carbonyl (C=O) groups excluding carboxylic acids is 1. The van der Waals surface area contributed by atoms with E-state index in [2.05, 4.69) is 5.32 Å². The summed E-state index contributed by atoms with van der Waals surface area (Å²) in [5.41, 5.74) is 4.82. The van der Waals surface area contributed by atoms with Crippen molar-refractivity contribution in [1.29, 1.82) is 0 Å². The van der Waals surface area contributed by atoms with Gasteiger partial charge in [0.15, 0.2) is 0 Å². The average molecular weight is 272 g/mol. The third kappa shape index (κ3) is 5.89. The van der Waals surface area contributed by atoms with Gasteiger partial charge in [-0.05, 0) is 46.5 Å². The lowest BCUT2D eigenvalue weighted by atomic mass is 9.94. The normalized spacial score (nSPS) is 22.6. The number of nitrogens with one attached hydrogen (secondary N) is 1. The van der Waals surface area contributed by atoms with Crippen LogP contribution >= 0.6 is 0 Å². The Morgan fingerprint density at radius 2 is 2.32 bits per heavy atom. The van der Waals surface area contributed by atoms with Crippen LogP contribution < -0.4 is 11.1 Å². The molecule has 1 rings (SSSR count). The summed E-state index contributed by atoms with van der Waals surface area (Å²) in [6.45, 7) is 8.03. The van der Waals surface area contributed by atoms with E-state index in [0.29, 0.717) is 19.6 Å². The topological polar surface area (TPSA) is 73.6 Å². The van der Waals surface area contributed by atoms with Crippen LogP contribution in [0.25, 0.3) is 0 Å². The van der Waals surface area contributed by atoms with E-state index in [1.54, 1.807) is 0 Å². The van der Waals surface area contributed by atoms with Crippen LogP contribution in [0, 0.1) is 0 Å². The van der Waals surface area contributed by atoms with E-state index in [9.17, 15) is 4.79 Å². The van der Waals surface area contributed by atoms with Crippen molar-refractivity contribution in [3.8, 4) is 0 Å². The zero-order valence-electron chi connectivity index (χ0n) is 12.4. The first-order chi connectivity index (χ1) is 8.94. The summed E-state index contributed by atoms with van der Waals surface area (Å²) in [6, 6.07) is 0.227. The molecular weight excluding hydrogens is 244 g/mol. The second-order valence-corrected chi connectivity index (χ2v) is 5.81. The minimum absolute atomic E-state index is 0.227. The predicted octanol–water partition coefficient (Wildman–Crippen LogP) is 1.20. The van der Waals surface area contributed by atoms with E-state index in [1.165, 1.54) is 0 Å². The molecule has 112 valence electrons. The van der Waals surface area contributed by atoms with Crippen molar-refractivity contribution in [3.05, 3.63) is 0 Å². The standard InChI is InChI=1S/C14H28N2O3/c1-11(2)16-14(3,13(15)17)7-5-8-18-10-12-6-4-9-19-12/h11-12,16H,4-10H2,1-3H3,(H2,15,17). The van der Waals surface area contributed by atoms with E-state index in [4.69, 9.17) is 15.2 Å². The van der Waals surface area contributed by atoms with E-state index in [0.717, 1.165) is 25.9 Å². The van der Waals surface area contributed by atoms with Crippen molar-refractivity contribution in [2.24, 2.45) is 5.73 Å². The first-order valence-corrected chi connectivity index (χ1v) is 7.21. The van der Waals surface area contributed by atoms with Crippen LogP contribution in [-0.2, 0) is 14.3 Å². The summed E-state index contributed by atoms with van der Waals surface area (Å²) in [6.07, 6.45) is 3.98. The Morgan fingerprint density at radius 3 is 2.84 bits per heavy atom. The fourth-order valence-electron chi connectivity index (χ4n) is 2.42. The van der Waals surface area contributed by atoms with Gasteiger partial charge in [0.2, 0.25) is 5.91 Å². The summed E-state index contributed by atoms with van der Waals surface area (Å²) in [7, 11) is 0. The van der Waals surface area contributed by atoms with Crippen molar-refractivity contribution < 1.29 is 14.3 Å². The Labute approximate surface area is 116 Å². The molecule has 2 atom stereocenters. The van der Waals surface area contributed by atoms with Crippen LogP contribution in [0.4, 0.5) is 0 Å². The van der Waals surface area contributed by atoms with Crippen molar-refractivity contribution in [2.75, 3.05) is 19.8 Å². The summed E-state index contributed by atoms with van der Waals surface area (Å²) in [5, 5.41) is 3.23. The highest BCUT2D eigenvalue weighted by Gasteiger charge is 2.30. The Hall–Kier alpha value is -0.650. The highest BCUT2D eigenvalue weighted by atomic mass is 16.5. The number of rotatable bonds is 9. The molecule has 1 aliphatic rings. The molecule has 0 aromatic carbocycles. The van der Waals surface area contributed by atoms with Crippen LogP contribution in [0.1, 0.15) is 46.5 Å². The molecule has 3 N–H and O–H groups in total. The van der Waals surface area contributed by atoms with E-state index < -0.39 is 5.54 Å². The van der Waals surface area contributed by atoms with Gasteiger partial charge in [-0.15, -0.1) is 0 Å². The molecule has 0 bridgehead atoms. The summed E-state index contributed by atoms with van der Waals surface area (Å²) < 4.78 is 11.1. The maximum absolute atomic E-state index is 11.5. The quantitative estimate of drug-likeness (QED) is 0.619. The molecule has 2 unspecified atom stereocenters. The minimum atomic E-state index is -0.651. The molecule has 5 nitrogen and oxygen atoms in total. The second-order valence-electron chi connectivity index (χ2n) is 5.81. The number of hydrogen-bond donors (Lipinski definition) is 2. The molecule has 1 amide bonds. The average Bonchev–Trinajstić information content (AvgIpc) is 2.80. The SMILES string of the molecule is CC(C)NC(C)(CCCOCC1CCCO1)C(N)=O. The van der Waals surface area contributed by atoms with Gasteiger partial charge in [-0.1, -0.05) is 0 Å². The van der Waals surface area contributed by atoms with Gasteiger partial charge in [-0.25, -0.2) is 0 Å². The molecule has 1 fully saturated rings. The molecule has 0 aromatic heterocycles. The third-order valence-corrected chi connectivity index (χ3v) is 3.44. The lowest BCUT2D eigenvalue weighted by Crippen LogP contribution is -2.55. The number of ether oxygens (including phenoxy) is 2. The van der Waals surface area contributed by atoms with Gasteiger partial charge in [0, 0.05) is 19.3 Å². The van der Waals surface area contributed by atoms with Gasteiger partial charge in [-0.2, -0.15) is 0 Å². The first kappa shape index (κ1) is 16.4. The molecule has 1 aliphatic heterocycles. The highest BCUT2D eigenvalue weighted by Crippen LogP contribution is 2.15. The lowest BCUT2D eigenvalue weighted by molar-refractivity contribution is -0.124. The third-order valence-electron chi connectivity index (χ3n) is 3.44. The monoisotopic (exact) mass is 272 g/mol. The maximum atomic E-state index is 11.5. The van der Waals surface area contributed by atoms with Crippen molar-refractivity contribution in [3.63, 3.8) is 0 Å². The molecule has 1 saturated heterocycles. The number of primary amides is 1. The summed E-state index contributed by atoms with van der Waals surface area (Å²) in [4.78, 5) is 11.5. The highest BCUT2D eigenvalue weighted by molar-refractivity contribution is 5.84. The predicted molar refractivity (Wildman–Crippen MR) is 74.9 cm³/mol. The molecule has 0 radical (unpaired) electrons. The molecular formula is C14H28N2O3. The largest absolute Gasteiger partial charge is 0.379 e. The van der Waals surface area contributed by atoms with Gasteiger partial charge in [-0.3, -0.25) is 4.79 Å². The zero-order valence-corrected chi connectivity index (χ0v) is 12.4. The number of hydrogen-bond acceptors (Lipinski definition) is 4. The maximum Gasteiger partial charge on any atom is 0.237 e. The smallest absolute Gasteiger partial charge is 0.237 e. The molecule has 0 saturated carbocycles. The molecule has 0 aliphatic carbocycles. The summed E-state index contributed by atoms with van der Waals surface area (Å²) >= 11 is 0. The van der Waals surface area contributed by atoms with Crippen molar-refractivity contribution in [2.45, 2.75) is 64.1 Å². The Balaban J connectivity index is 2.18. The molecule has 0 spiro atoms.